The Bertz CT molecular complexity index is 657. The monoisotopic (exact) mass is 353 g/mol. The van der Waals surface area contributed by atoms with E-state index < -0.39 is 0 Å². The molecule has 0 aliphatic carbocycles. The van der Waals surface area contributed by atoms with Crippen molar-refractivity contribution in [2.75, 3.05) is 26.2 Å². The minimum Gasteiger partial charge on any atom is -0.368 e. The van der Waals surface area contributed by atoms with Crippen molar-refractivity contribution in [2.24, 2.45) is 5.92 Å². The Kier molecular flexibility index (Phi) is 5.27. The summed E-state index contributed by atoms with van der Waals surface area (Å²) in [5.74, 6) is 0.734. The van der Waals surface area contributed by atoms with Gasteiger partial charge < -0.3 is 19.9 Å². The largest absolute Gasteiger partial charge is 0.368 e. The number of halogens is 1. The molecule has 1 amide bonds. The molecule has 3 aliphatic rings. The van der Waals surface area contributed by atoms with Gasteiger partial charge in [0, 0.05) is 43.9 Å². The van der Waals surface area contributed by atoms with Gasteiger partial charge in [-0.15, -0.1) is 12.4 Å². The maximum Gasteiger partial charge on any atom is 0.251 e. The minimum atomic E-state index is -0.317. The lowest BCUT2D eigenvalue weighted by Gasteiger charge is -2.43. The van der Waals surface area contributed by atoms with Gasteiger partial charge in [-0.1, -0.05) is 6.07 Å². The van der Waals surface area contributed by atoms with E-state index in [9.17, 15) is 9.59 Å². The molecule has 0 radical (unpaired) electrons. The van der Waals surface area contributed by atoms with E-state index >= 15 is 0 Å². The van der Waals surface area contributed by atoms with Crippen molar-refractivity contribution in [1.82, 2.24) is 15.2 Å². The van der Waals surface area contributed by atoms with Crippen molar-refractivity contribution in [3.63, 3.8) is 0 Å². The molecule has 4 heterocycles. The highest BCUT2D eigenvalue weighted by Crippen LogP contribution is 2.38. The molecular weight excluding hydrogens is 330 g/mol. The van der Waals surface area contributed by atoms with Crippen LogP contribution in [0, 0.1) is 5.92 Å². The first-order valence-electron chi connectivity index (χ1n) is 8.55. The van der Waals surface area contributed by atoms with E-state index in [1.54, 1.807) is 6.07 Å². The first-order valence-corrected chi connectivity index (χ1v) is 8.55. The molecule has 24 heavy (non-hydrogen) atoms. The average molecular weight is 354 g/mol. The molecule has 2 fully saturated rings. The maximum absolute atomic E-state index is 12.4. The highest BCUT2D eigenvalue weighted by molar-refractivity contribution is 5.85. The van der Waals surface area contributed by atoms with Gasteiger partial charge in [0.25, 0.3) is 5.56 Å². The van der Waals surface area contributed by atoms with E-state index in [4.69, 9.17) is 4.74 Å². The van der Waals surface area contributed by atoms with Crippen molar-refractivity contribution < 1.29 is 9.53 Å². The van der Waals surface area contributed by atoms with E-state index in [0.717, 1.165) is 38.0 Å². The number of hydrogen-bond acceptors (Lipinski definition) is 4. The number of fused-ring (bicyclic) bond motifs is 4. The van der Waals surface area contributed by atoms with Gasteiger partial charge in [-0.25, -0.2) is 0 Å². The topological polar surface area (TPSA) is 72.4 Å². The van der Waals surface area contributed by atoms with Crippen LogP contribution in [0.4, 0.5) is 0 Å². The summed E-state index contributed by atoms with van der Waals surface area (Å²) in [5, 5.41) is 6.48. The smallest absolute Gasteiger partial charge is 0.251 e. The fourth-order valence-electron chi connectivity index (χ4n) is 4.27. The van der Waals surface area contributed by atoms with E-state index in [2.05, 4.69) is 10.6 Å². The first-order chi connectivity index (χ1) is 11.2. The summed E-state index contributed by atoms with van der Waals surface area (Å²) in [6, 6.07) is 5.52. The van der Waals surface area contributed by atoms with Crippen LogP contribution < -0.4 is 16.2 Å². The second kappa shape index (κ2) is 7.25. The molecule has 4 rings (SSSR count). The fraction of sp³-hybridized carbons (Fsp3) is 0.647. The lowest BCUT2D eigenvalue weighted by atomic mass is 9.79. The van der Waals surface area contributed by atoms with Crippen LogP contribution in [0.3, 0.4) is 0 Å². The van der Waals surface area contributed by atoms with Gasteiger partial charge in [-0.3, -0.25) is 9.59 Å². The Balaban J connectivity index is 0.00000169. The number of nitrogens with one attached hydrogen (secondary N) is 2. The summed E-state index contributed by atoms with van der Waals surface area (Å²) in [4.78, 5) is 24.6. The van der Waals surface area contributed by atoms with Gasteiger partial charge in [-0.05, 0) is 31.2 Å². The molecule has 0 aromatic carbocycles. The van der Waals surface area contributed by atoms with E-state index in [0.29, 0.717) is 25.0 Å². The lowest BCUT2D eigenvalue weighted by molar-refractivity contribution is -0.130. The standard InChI is InChI=1S/C17H23N3O3.ClH/c21-16-5-1-3-13-11-7-12(9-18-8-11)14(20(13)16)10-19-17(22)15-4-2-6-23-15;/h1,3,5,11-12,14-15,18H,2,4,6-10H2,(H,19,22);1H/t11-,12+,14+,15+;/m1./s1. The molecule has 1 aromatic heterocycles. The van der Waals surface area contributed by atoms with Crippen LogP contribution in [-0.4, -0.2) is 42.8 Å². The van der Waals surface area contributed by atoms with Gasteiger partial charge in [0.05, 0.1) is 6.04 Å². The van der Waals surface area contributed by atoms with Crippen molar-refractivity contribution in [3.8, 4) is 0 Å². The number of aromatic nitrogens is 1. The van der Waals surface area contributed by atoms with Gasteiger partial charge in [-0.2, -0.15) is 0 Å². The molecule has 6 nitrogen and oxygen atoms in total. The van der Waals surface area contributed by atoms with Gasteiger partial charge in [0.15, 0.2) is 0 Å². The van der Waals surface area contributed by atoms with E-state index in [-0.39, 0.29) is 36.0 Å². The zero-order valence-corrected chi connectivity index (χ0v) is 14.4. The van der Waals surface area contributed by atoms with Gasteiger partial charge in [0.1, 0.15) is 6.10 Å². The number of amides is 1. The number of carbonyl (C=O) groups is 1. The molecule has 1 aromatic rings. The predicted molar refractivity (Wildman–Crippen MR) is 92.7 cm³/mol. The first kappa shape index (κ1) is 17.5. The van der Waals surface area contributed by atoms with Crippen LogP contribution in [0.1, 0.15) is 36.9 Å². The van der Waals surface area contributed by atoms with Crippen molar-refractivity contribution >= 4 is 18.3 Å². The fourth-order valence-corrected chi connectivity index (χ4v) is 4.27. The summed E-state index contributed by atoms with van der Waals surface area (Å²) < 4.78 is 7.35. The summed E-state index contributed by atoms with van der Waals surface area (Å²) in [6.45, 7) is 2.99. The summed E-state index contributed by atoms with van der Waals surface area (Å²) in [6.07, 6.45) is 2.50. The molecule has 2 saturated heterocycles. The van der Waals surface area contributed by atoms with Crippen LogP contribution in [-0.2, 0) is 9.53 Å². The Morgan fingerprint density at radius 2 is 2.25 bits per heavy atom. The Hall–Kier alpha value is -1.37. The quantitative estimate of drug-likeness (QED) is 0.843. The molecule has 0 saturated carbocycles. The molecule has 132 valence electrons. The Morgan fingerprint density at radius 1 is 1.38 bits per heavy atom. The second-order valence-electron chi connectivity index (χ2n) is 6.82. The molecule has 3 aliphatic heterocycles. The highest BCUT2D eigenvalue weighted by Gasteiger charge is 2.38. The zero-order chi connectivity index (χ0) is 15.8. The van der Waals surface area contributed by atoms with Crippen molar-refractivity contribution in [2.45, 2.75) is 37.3 Å². The van der Waals surface area contributed by atoms with Crippen LogP contribution in [0.5, 0.6) is 0 Å². The number of piperidine rings is 1. The number of ether oxygens (including phenoxy) is 1. The molecule has 2 N–H and O–H groups in total. The summed E-state index contributed by atoms with van der Waals surface area (Å²) in [5.41, 5.74) is 1.13. The van der Waals surface area contributed by atoms with Crippen LogP contribution in [0.15, 0.2) is 23.0 Å². The van der Waals surface area contributed by atoms with Crippen LogP contribution in [0.2, 0.25) is 0 Å². The third-order valence-electron chi connectivity index (χ3n) is 5.41. The molecular formula is C17H24ClN3O3. The molecule has 0 spiro atoms. The zero-order valence-electron chi connectivity index (χ0n) is 13.6. The second-order valence-corrected chi connectivity index (χ2v) is 6.82. The van der Waals surface area contributed by atoms with Gasteiger partial charge >= 0.3 is 0 Å². The van der Waals surface area contributed by atoms with Crippen molar-refractivity contribution in [3.05, 3.63) is 34.2 Å². The summed E-state index contributed by atoms with van der Waals surface area (Å²) >= 11 is 0. The number of hydrogen-bond donors (Lipinski definition) is 2. The van der Waals surface area contributed by atoms with Crippen LogP contribution in [0.25, 0.3) is 0 Å². The normalized spacial score (nSPS) is 31.0. The third-order valence-corrected chi connectivity index (χ3v) is 5.41. The number of carbonyl (C=O) groups excluding carboxylic acids is 1. The van der Waals surface area contributed by atoms with E-state index in [1.807, 2.05) is 16.7 Å². The Morgan fingerprint density at radius 3 is 3.04 bits per heavy atom. The van der Waals surface area contributed by atoms with Gasteiger partial charge in [0.2, 0.25) is 5.91 Å². The average Bonchev–Trinajstić information content (AvgIpc) is 3.10. The summed E-state index contributed by atoms with van der Waals surface area (Å²) in [7, 11) is 0. The lowest BCUT2D eigenvalue weighted by Crippen LogP contribution is -2.51. The van der Waals surface area contributed by atoms with E-state index in [1.165, 1.54) is 0 Å². The van der Waals surface area contributed by atoms with Crippen LogP contribution >= 0.6 is 12.4 Å². The number of rotatable bonds is 3. The number of nitrogens with zero attached hydrogens (tertiary/aromatic N) is 1. The molecule has 0 unspecified atom stereocenters. The molecule has 4 atom stereocenters. The molecule has 2 bridgehead atoms. The SMILES string of the molecule is Cl.O=C(NC[C@H]1[C@@H]2CNC[C@@H](C2)c2cccc(=O)n21)[C@@H]1CCCO1. The van der Waals surface area contributed by atoms with Crippen molar-refractivity contribution in [1.29, 1.82) is 0 Å². The third kappa shape index (κ3) is 3.10. The Labute approximate surface area is 147 Å². The number of pyridine rings is 1. The maximum atomic E-state index is 12.4. The minimum absolute atomic E-state index is 0. The highest BCUT2D eigenvalue weighted by atomic mass is 35.5. The molecule has 7 heteroatoms. The predicted octanol–water partition coefficient (Wildman–Crippen LogP) is 0.813.